The molecule has 2 aromatic rings. The van der Waals surface area contributed by atoms with Crippen LogP contribution in [0.1, 0.15) is 62.2 Å². The van der Waals surface area contributed by atoms with Gasteiger partial charge in [0.15, 0.2) is 18.2 Å². The van der Waals surface area contributed by atoms with E-state index in [4.69, 9.17) is 4.74 Å². The van der Waals surface area contributed by atoms with Crippen LogP contribution < -0.4 is 0 Å². The Bertz CT molecular complexity index is 849. The highest BCUT2D eigenvalue weighted by Gasteiger charge is 2.21. The average molecular weight is 355 g/mol. The second-order valence-corrected chi connectivity index (χ2v) is 6.05. The molecular formula is C20H21NO5. The van der Waals surface area contributed by atoms with E-state index in [1.54, 1.807) is 44.2 Å². The smallest absolute Gasteiger partial charge is 0.306 e. The third kappa shape index (κ3) is 4.53. The highest BCUT2D eigenvalue weighted by atomic mass is 16.5. The highest BCUT2D eigenvalue weighted by molar-refractivity contribution is 6.04. The Hall–Kier alpha value is -3.02. The van der Waals surface area contributed by atoms with E-state index in [-0.39, 0.29) is 30.1 Å². The molecule has 6 nitrogen and oxygen atoms in total. The zero-order valence-corrected chi connectivity index (χ0v) is 15.0. The first-order valence-corrected chi connectivity index (χ1v) is 8.28. The monoisotopic (exact) mass is 355 g/mol. The van der Waals surface area contributed by atoms with Crippen molar-refractivity contribution in [3.63, 3.8) is 0 Å². The summed E-state index contributed by atoms with van der Waals surface area (Å²) in [6.07, 6.45) is -0.0748. The van der Waals surface area contributed by atoms with Crippen LogP contribution in [0.4, 0.5) is 0 Å². The maximum absolute atomic E-state index is 12.2. The van der Waals surface area contributed by atoms with Gasteiger partial charge >= 0.3 is 5.97 Å². The number of hydrogen-bond acceptors (Lipinski definition) is 5. The van der Waals surface area contributed by atoms with E-state index in [0.29, 0.717) is 22.4 Å². The number of nitrogens with one attached hydrogen (secondary N) is 1. The first-order chi connectivity index (χ1) is 12.3. The van der Waals surface area contributed by atoms with Crippen molar-refractivity contribution in [2.24, 2.45) is 0 Å². The second kappa shape index (κ2) is 8.38. The molecule has 0 saturated carbocycles. The molecule has 0 fully saturated rings. The van der Waals surface area contributed by atoms with Gasteiger partial charge in [0.2, 0.25) is 5.78 Å². The van der Waals surface area contributed by atoms with Crippen LogP contribution in [0, 0.1) is 13.8 Å². The lowest BCUT2D eigenvalue weighted by molar-refractivity contribution is -0.142. The molecular weight excluding hydrogens is 334 g/mol. The van der Waals surface area contributed by atoms with E-state index in [2.05, 4.69) is 4.98 Å². The highest BCUT2D eigenvalue weighted by Crippen LogP contribution is 2.19. The maximum atomic E-state index is 12.2. The van der Waals surface area contributed by atoms with Crippen LogP contribution >= 0.6 is 0 Å². The van der Waals surface area contributed by atoms with Crippen LogP contribution in [0.15, 0.2) is 30.3 Å². The number of carbonyl (C=O) groups excluding carboxylic acids is 4. The van der Waals surface area contributed by atoms with Crippen molar-refractivity contribution >= 4 is 23.3 Å². The minimum absolute atomic E-state index is 0.0200. The van der Waals surface area contributed by atoms with Crippen LogP contribution in [0.2, 0.25) is 0 Å². The minimum atomic E-state index is -0.615. The van der Waals surface area contributed by atoms with Gasteiger partial charge in [-0.25, -0.2) is 0 Å². The molecule has 1 aromatic carbocycles. The zero-order chi connectivity index (χ0) is 19.3. The fourth-order valence-electron chi connectivity index (χ4n) is 2.83. The summed E-state index contributed by atoms with van der Waals surface area (Å²) in [4.78, 5) is 50.4. The molecule has 0 unspecified atom stereocenters. The SMILES string of the molecule is CC(=O)c1c(C)[nH]c(C(=O)COC(=O)CCC(=O)c2ccccc2)c1C. The number of benzene rings is 1. The van der Waals surface area contributed by atoms with E-state index in [0.717, 1.165) is 0 Å². The topological polar surface area (TPSA) is 93.3 Å². The van der Waals surface area contributed by atoms with E-state index in [1.807, 2.05) is 0 Å². The first kappa shape index (κ1) is 19.3. The standard InChI is InChI=1S/C20H21NO5/c1-12-19(14(3)22)13(2)21-20(12)17(24)11-26-18(25)10-9-16(23)15-7-5-4-6-8-15/h4-8,21H,9-11H2,1-3H3. The summed E-state index contributed by atoms with van der Waals surface area (Å²) >= 11 is 0. The van der Waals surface area contributed by atoms with Crippen LogP contribution in [-0.2, 0) is 9.53 Å². The number of hydrogen-bond donors (Lipinski definition) is 1. The van der Waals surface area contributed by atoms with Crippen molar-refractivity contribution in [1.82, 2.24) is 4.98 Å². The van der Waals surface area contributed by atoms with Crippen molar-refractivity contribution < 1.29 is 23.9 Å². The second-order valence-electron chi connectivity index (χ2n) is 6.05. The number of rotatable bonds is 8. The summed E-state index contributed by atoms with van der Waals surface area (Å²) in [5.41, 5.74) is 2.44. The first-order valence-electron chi connectivity index (χ1n) is 8.28. The van der Waals surface area contributed by atoms with Crippen molar-refractivity contribution in [3.05, 3.63) is 58.4 Å². The molecule has 0 aliphatic carbocycles. The summed E-state index contributed by atoms with van der Waals surface area (Å²) in [5.74, 6) is -1.32. The average Bonchev–Trinajstić information content (AvgIpc) is 2.92. The number of aromatic amines is 1. The van der Waals surface area contributed by atoms with Gasteiger partial charge in [0, 0.05) is 23.2 Å². The molecule has 1 N–H and O–H groups in total. The lowest BCUT2D eigenvalue weighted by atomic mass is 10.1. The quantitative estimate of drug-likeness (QED) is 0.580. The number of H-pyrrole nitrogens is 1. The van der Waals surface area contributed by atoms with E-state index in [9.17, 15) is 19.2 Å². The molecule has 0 radical (unpaired) electrons. The number of aromatic nitrogens is 1. The summed E-state index contributed by atoms with van der Waals surface area (Å²) in [7, 11) is 0. The van der Waals surface area contributed by atoms with Crippen LogP contribution in [0.3, 0.4) is 0 Å². The van der Waals surface area contributed by atoms with Crippen molar-refractivity contribution in [3.8, 4) is 0 Å². The summed E-state index contributed by atoms with van der Waals surface area (Å²) in [5, 5.41) is 0. The lowest BCUT2D eigenvalue weighted by Crippen LogP contribution is -2.16. The van der Waals surface area contributed by atoms with Crippen molar-refractivity contribution in [2.45, 2.75) is 33.6 Å². The molecule has 0 atom stereocenters. The number of aryl methyl sites for hydroxylation is 1. The number of carbonyl (C=O) groups is 4. The molecule has 6 heteroatoms. The summed E-state index contributed by atoms with van der Waals surface area (Å²) < 4.78 is 4.96. The minimum Gasteiger partial charge on any atom is -0.457 e. The predicted octanol–water partition coefficient (Wildman–Crippen LogP) is 3.22. The molecule has 2 rings (SSSR count). The van der Waals surface area contributed by atoms with E-state index < -0.39 is 18.4 Å². The Morgan fingerprint density at radius 3 is 2.19 bits per heavy atom. The van der Waals surface area contributed by atoms with E-state index in [1.165, 1.54) is 6.92 Å². The Kier molecular flexibility index (Phi) is 6.22. The van der Waals surface area contributed by atoms with Gasteiger partial charge in [0.1, 0.15) is 0 Å². The molecule has 26 heavy (non-hydrogen) atoms. The Labute approximate surface area is 151 Å². The molecule has 0 saturated heterocycles. The fraction of sp³-hybridized carbons (Fsp3) is 0.300. The molecule has 0 bridgehead atoms. The van der Waals surface area contributed by atoms with Gasteiger partial charge in [-0.3, -0.25) is 19.2 Å². The molecule has 0 aliphatic heterocycles. The Morgan fingerprint density at radius 2 is 1.62 bits per heavy atom. The zero-order valence-electron chi connectivity index (χ0n) is 15.0. The predicted molar refractivity (Wildman–Crippen MR) is 95.6 cm³/mol. The van der Waals surface area contributed by atoms with Gasteiger partial charge in [0.05, 0.1) is 12.1 Å². The van der Waals surface area contributed by atoms with Gasteiger partial charge in [-0.1, -0.05) is 30.3 Å². The molecule has 136 valence electrons. The van der Waals surface area contributed by atoms with Gasteiger partial charge in [0.25, 0.3) is 0 Å². The normalized spacial score (nSPS) is 10.4. The van der Waals surface area contributed by atoms with Gasteiger partial charge < -0.3 is 9.72 Å². The molecule has 1 aromatic heterocycles. The maximum Gasteiger partial charge on any atom is 0.306 e. The molecule has 0 amide bonds. The third-order valence-corrected chi connectivity index (χ3v) is 4.08. The summed E-state index contributed by atoms with van der Waals surface area (Å²) in [6, 6.07) is 8.67. The van der Waals surface area contributed by atoms with E-state index >= 15 is 0 Å². The third-order valence-electron chi connectivity index (χ3n) is 4.08. The van der Waals surface area contributed by atoms with Gasteiger partial charge in [-0.2, -0.15) is 0 Å². The van der Waals surface area contributed by atoms with Crippen molar-refractivity contribution in [1.29, 1.82) is 0 Å². The van der Waals surface area contributed by atoms with Gasteiger partial charge in [-0.15, -0.1) is 0 Å². The fourth-order valence-corrected chi connectivity index (χ4v) is 2.83. The van der Waals surface area contributed by atoms with Crippen LogP contribution in [0.25, 0.3) is 0 Å². The molecule has 0 aliphatic rings. The summed E-state index contributed by atoms with van der Waals surface area (Å²) in [6.45, 7) is 4.38. The van der Waals surface area contributed by atoms with Crippen molar-refractivity contribution in [2.75, 3.05) is 6.61 Å². The van der Waals surface area contributed by atoms with Gasteiger partial charge in [-0.05, 0) is 26.3 Å². The van der Waals surface area contributed by atoms with Crippen LogP contribution in [0.5, 0.6) is 0 Å². The Morgan fingerprint density at radius 1 is 0.962 bits per heavy atom. The number of ether oxygens (including phenoxy) is 1. The number of Topliss-reactive ketones (excluding diaryl/α,β-unsaturated/α-hetero) is 3. The number of esters is 1. The largest absolute Gasteiger partial charge is 0.457 e. The van der Waals surface area contributed by atoms with Crippen LogP contribution in [-0.4, -0.2) is 34.9 Å². The molecule has 1 heterocycles. The Balaban J connectivity index is 1.88. The number of ketones is 3. The lowest BCUT2D eigenvalue weighted by Gasteiger charge is -2.04. The molecule has 0 spiro atoms.